The largest absolute Gasteiger partial charge is 0.490 e. The van der Waals surface area contributed by atoms with Gasteiger partial charge in [0.25, 0.3) is 0 Å². The van der Waals surface area contributed by atoms with Crippen LogP contribution in [-0.4, -0.2) is 41.7 Å². The number of amides is 1. The normalized spacial score (nSPS) is 14.6. The summed E-state index contributed by atoms with van der Waals surface area (Å²) in [6, 6.07) is 6.48. The SMILES string of the molecule is O=C(CCOc1ccccc1F)N(CCCO)C1CCC1. The first kappa shape index (κ1) is 15.8. The number of benzene rings is 1. The molecule has 1 fully saturated rings. The maximum absolute atomic E-state index is 13.4. The molecule has 0 bridgehead atoms. The summed E-state index contributed by atoms with van der Waals surface area (Å²) < 4.78 is 18.7. The zero-order valence-corrected chi connectivity index (χ0v) is 12.1. The third kappa shape index (κ3) is 4.43. The maximum atomic E-state index is 13.4. The number of hydrogen-bond acceptors (Lipinski definition) is 3. The van der Waals surface area contributed by atoms with Gasteiger partial charge in [0.15, 0.2) is 11.6 Å². The molecule has 0 saturated heterocycles. The highest BCUT2D eigenvalue weighted by Crippen LogP contribution is 2.25. The number of aliphatic hydroxyl groups is 1. The standard InChI is InChI=1S/C16H22FNO3/c17-14-7-1-2-8-15(14)21-12-9-16(20)18(10-4-11-19)13-5-3-6-13/h1-2,7-8,13,19H,3-6,9-12H2. The van der Waals surface area contributed by atoms with Gasteiger partial charge in [0.2, 0.25) is 5.91 Å². The van der Waals surface area contributed by atoms with Gasteiger partial charge in [-0.1, -0.05) is 12.1 Å². The molecule has 4 nitrogen and oxygen atoms in total. The molecule has 1 aliphatic carbocycles. The van der Waals surface area contributed by atoms with E-state index in [4.69, 9.17) is 9.84 Å². The van der Waals surface area contributed by atoms with Crippen LogP contribution in [-0.2, 0) is 4.79 Å². The van der Waals surface area contributed by atoms with Crippen LogP contribution in [0.15, 0.2) is 24.3 Å². The highest BCUT2D eigenvalue weighted by molar-refractivity contribution is 5.76. The average Bonchev–Trinajstić information content (AvgIpc) is 2.43. The van der Waals surface area contributed by atoms with Crippen molar-refractivity contribution in [2.24, 2.45) is 0 Å². The lowest BCUT2D eigenvalue weighted by Crippen LogP contribution is -2.45. The van der Waals surface area contributed by atoms with E-state index in [2.05, 4.69) is 0 Å². The first-order valence-electron chi connectivity index (χ1n) is 7.50. The van der Waals surface area contributed by atoms with Crippen molar-refractivity contribution in [2.45, 2.75) is 38.1 Å². The second-order valence-electron chi connectivity index (χ2n) is 5.28. The Bertz CT molecular complexity index is 463. The van der Waals surface area contributed by atoms with E-state index in [-0.39, 0.29) is 31.3 Å². The summed E-state index contributed by atoms with van der Waals surface area (Å²) in [6.07, 6.45) is 4.04. The summed E-state index contributed by atoms with van der Waals surface area (Å²) in [5.74, 6) is -0.221. The Morgan fingerprint density at radius 2 is 2.14 bits per heavy atom. The molecule has 0 radical (unpaired) electrons. The Labute approximate surface area is 124 Å². The van der Waals surface area contributed by atoms with Crippen molar-refractivity contribution < 1.29 is 19.0 Å². The second-order valence-corrected chi connectivity index (χ2v) is 5.28. The molecule has 0 heterocycles. The molecule has 116 valence electrons. The fraction of sp³-hybridized carbons (Fsp3) is 0.562. The second kappa shape index (κ2) is 7.98. The van der Waals surface area contributed by atoms with Crippen molar-refractivity contribution in [2.75, 3.05) is 19.8 Å². The molecule has 1 aromatic carbocycles. The average molecular weight is 295 g/mol. The summed E-state index contributed by atoms with van der Waals surface area (Å²) in [7, 11) is 0. The molecule has 0 atom stereocenters. The lowest BCUT2D eigenvalue weighted by Gasteiger charge is -2.37. The van der Waals surface area contributed by atoms with Crippen LogP contribution in [0.25, 0.3) is 0 Å². The van der Waals surface area contributed by atoms with Gasteiger partial charge >= 0.3 is 0 Å². The van der Waals surface area contributed by atoms with Gasteiger partial charge in [-0.2, -0.15) is 0 Å². The highest BCUT2D eigenvalue weighted by Gasteiger charge is 2.27. The first-order valence-corrected chi connectivity index (χ1v) is 7.50. The number of ether oxygens (including phenoxy) is 1. The molecule has 1 saturated carbocycles. The molecular formula is C16H22FNO3. The summed E-state index contributed by atoms with van der Waals surface area (Å²) in [6.45, 7) is 0.837. The Morgan fingerprint density at radius 1 is 1.38 bits per heavy atom. The van der Waals surface area contributed by atoms with Crippen molar-refractivity contribution in [3.05, 3.63) is 30.1 Å². The van der Waals surface area contributed by atoms with Crippen LogP contribution in [0.5, 0.6) is 5.75 Å². The van der Waals surface area contributed by atoms with Crippen LogP contribution < -0.4 is 4.74 Å². The number of carbonyl (C=O) groups excluding carboxylic acids is 1. The Hall–Kier alpha value is -1.62. The minimum absolute atomic E-state index is 0.0180. The third-order valence-electron chi connectivity index (χ3n) is 3.80. The fourth-order valence-corrected chi connectivity index (χ4v) is 2.40. The number of para-hydroxylation sites is 1. The molecule has 0 aromatic heterocycles. The highest BCUT2D eigenvalue weighted by atomic mass is 19.1. The molecule has 5 heteroatoms. The number of nitrogens with zero attached hydrogens (tertiary/aromatic N) is 1. The van der Waals surface area contributed by atoms with E-state index in [9.17, 15) is 9.18 Å². The van der Waals surface area contributed by atoms with E-state index < -0.39 is 5.82 Å². The van der Waals surface area contributed by atoms with E-state index in [1.165, 1.54) is 6.07 Å². The molecule has 0 unspecified atom stereocenters. The lowest BCUT2D eigenvalue weighted by molar-refractivity contribution is -0.136. The molecule has 0 spiro atoms. The monoisotopic (exact) mass is 295 g/mol. The Morgan fingerprint density at radius 3 is 2.76 bits per heavy atom. The predicted molar refractivity (Wildman–Crippen MR) is 77.6 cm³/mol. The lowest BCUT2D eigenvalue weighted by atomic mass is 9.91. The van der Waals surface area contributed by atoms with E-state index in [0.717, 1.165) is 19.3 Å². The smallest absolute Gasteiger partial charge is 0.226 e. The van der Waals surface area contributed by atoms with Crippen LogP contribution in [0.4, 0.5) is 4.39 Å². The van der Waals surface area contributed by atoms with Gasteiger partial charge in [-0.25, -0.2) is 4.39 Å². The molecule has 1 aromatic rings. The minimum Gasteiger partial charge on any atom is -0.490 e. The number of halogens is 1. The summed E-state index contributed by atoms with van der Waals surface area (Å²) in [5.41, 5.74) is 0. The minimum atomic E-state index is -0.416. The van der Waals surface area contributed by atoms with Crippen LogP contribution in [0.1, 0.15) is 32.1 Å². The third-order valence-corrected chi connectivity index (χ3v) is 3.80. The van der Waals surface area contributed by atoms with Gasteiger partial charge in [0.05, 0.1) is 13.0 Å². The van der Waals surface area contributed by atoms with Gasteiger partial charge in [-0.15, -0.1) is 0 Å². The molecule has 1 aliphatic rings. The number of rotatable bonds is 8. The zero-order valence-electron chi connectivity index (χ0n) is 12.1. The molecule has 2 rings (SSSR count). The van der Waals surface area contributed by atoms with Gasteiger partial charge in [-0.05, 0) is 37.8 Å². The van der Waals surface area contributed by atoms with Crippen molar-refractivity contribution in [3.63, 3.8) is 0 Å². The van der Waals surface area contributed by atoms with E-state index in [1.54, 1.807) is 18.2 Å². The number of hydrogen-bond donors (Lipinski definition) is 1. The van der Waals surface area contributed by atoms with Crippen LogP contribution in [0.2, 0.25) is 0 Å². The predicted octanol–water partition coefficient (Wildman–Crippen LogP) is 2.36. The molecule has 0 aliphatic heterocycles. The first-order chi connectivity index (χ1) is 10.2. The van der Waals surface area contributed by atoms with E-state index in [1.807, 2.05) is 4.90 Å². The molecule has 21 heavy (non-hydrogen) atoms. The van der Waals surface area contributed by atoms with Gasteiger partial charge in [0.1, 0.15) is 0 Å². The quantitative estimate of drug-likeness (QED) is 0.801. The molecular weight excluding hydrogens is 273 g/mol. The van der Waals surface area contributed by atoms with Gasteiger partial charge in [-0.3, -0.25) is 4.79 Å². The van der Waals surface area contributed by atoms with E-state index >= 15 is 0 Å². The van der Waals surface area contributed by atoms with Crippen LogP contribution in [0.3, 0.4) is 0 Å². The summed E-state index contributed by atoms with van der Waals surface area (Å²) >= 11 is 0. The van der Waals surface area contributed by atoms with Gasteiger partial charge < -0.3 is 14.7 Å². The maximum Gasteiger partial charge on any atom is 0.226 e. The molecule has 1 amide bonds. The number of aliphatic hydroxyl groups excluding tert-OH is 1. The van der Waals surface area contributed by atoms with Crippen molar-refractivity contribution in [1.29, 1.82) is 0 Å². The summed E-state index contributed by atoms with van der Waals surface area (Å²) in [5, 5.41) is 8.92. The van der Waals surface area contributed by atoms with Crippen molar-refractivity contribution in [3.8, 4) is 5.75 Å². The summed E-state index contributed by atoms with van der Waals surface area (Å²) in [4.78, 5) is 14.1. The Balaban J connectivity index is 1.80. The zero-order chi connectivity index (χ0) is 15.1. The van der Waals surface area contributed by atoms with E-state index in [0.29, 0.717) is 19.0 Å². The van der Waals surface area contributed by atoms with Gasteiger partial charge in [0, 0.05) is 19.2 Å². The number of carbonyl (C=O) groups is 1. The van der Waals surface area contributed by atoms with Crippen LogP contribution >= 0.6 is 0 Å². The topological polar surface area (TPSA) is 49.8 Å². The van der Waals surface area contributed by atoms with Crippen LogP contribution in [0, 0.1) is 5.82 Å². The van der Waals surface area contributed by atoms with Crippen molar-refractivity contribution in [1.82, 2.24) is 4.90 Å². The fourth-order valence-electron chi connectivity index (χ4n) is 2.40. The van der Waals surface area contributed by atoms with Crippen molar-refractivity contribution >= 4 is 5.91 Å². The Kier molecular flexibility index (Phi) is 5.99. The molecule has 1 N–H and O–H groups in total.